The van der Waals surface area contributed by atoms with E-state index in [0.29, 0.717) is 18.7 Å². The highest BCUT2D eigenvalue weighted by molar-refractivity contribution is 5.78. The summed E-state index contributed by atoms with van der Waals surface area (Å²) < 4.78 is 6.90. The number of rotatable bonds is 6. The Morgan fingerprint density at radius 1 is 1.52 bits per heavy atom. The van der Waals surface area contributed by atoms with Gasteiger partial charge >= 0.3 is 0 Å². The van der Waals surface area contributed by atoms with E-state index in [-0.39, 0.29) is 12.3 Å². The van der Waals surface area contributed by atoms with Gasteiger partial charge in [-0.25, -0.2) is 0 Å². The molecule has 0 aliphatic carbocycles. The molecule has 0 spiro atoms. The van der Waals surface area contributed by atoms with Crippen LogP contribution in [-0.4, -0.2) is 27.3 Å². The molecular weight excluding hydrogens is 270 g/mol. The van der Waals surface area contributed by atoms with Crippen LogP contribution in [0, 0.1) is 13.8 Å². The van der Waals surface area contributed by atoms with E-state index in [2.05, 4.69) is 10.5 Å². The Hall–Kier alpha value is -2.08. The van der Waals surface area contributed by atoms with E-state index in [0.717, 1.165) is 17.0 Å². The summed E-state index contributed by atoms with van der Waals surface area (Å²) in [6.45, 7) is 4.04. The van der Waals surface area contributed by atoms with Crippen LogP contribution in [0.25, 0.3) is 0 Å². The molecule has 6 heteroatoms. The van der Waals surface area contributed by atoms with E-state index in [4.69, 9.17) is 4.52 Å². The average Bonchev–Trinajstić information content (AvgIpc) is 2.99. The number of aliphatic hydroxyl groups is 1. The normalized spacial score (nSPS) is 12.4. The second-order valence-corrected chi connectivity index (χ2v) is 5.18. The number of carbonyl (C=O) groups is 1. The van der Waals surface area contributed by atoms with Gasteiger partial charge in [-0.2, -0.15) is 0 Å². The fourth-order valence-electron chi connectivity index (χ4n) is 2.29. The van der Waals surface area contributed by atoms with Gasteiger partial charge in [0.15, 0.2) is 0 Å². The molecule has 0 bridgehead atoms. The Morgan fingerprint density at radius 2 is 2.29 bits per heavy atom. The first kappa shape index (κ1) is 15.3. The number of aliphatic hydroxyl groups excluding tert-OH is 1. The van der Waals surface area contributed by atoms with Gasteiger partial charge in [-0.05, 0) is 32.4 Å². The van der Waals surface area contributed by atoms with Crippen molar-refractivity contribution in [2.24, 2.45) is 7.05 Å². The molecule has 0 saturated carbocycles. The molecule has 0 saturated heterocycles. The van der Waals surface area contributed by atoms with Crippen molar-refractivity contribution in [1.29, 1.82) is 0 Å². The van der Waals surface area contributed by atoms with Crippen LogP contribution in [0.3, 0.4) is 0 Å². The second kappa shape index (κ2) is 6.58. The highest BCUT2D eigenvalue weighted by atomic mass is 16.5. The zero-order valence-corrected chi connectivity index (χ0v) is 12.6. The Bertz CT molecular complexity index is 596. The highest BCUT2D eigenvalue weighted by Gasteiger charge is 2.14. The molecule has 0 aromatic carbocycles. The lowest BCUT2D eigenvalue weighted by molar-refractivity contribution is -0.120. The first-order chi connectivity index (χ1) is 9.99. The number of hydrogen-bond donors (Lipinski definition) is 2. The van der Waals surface area contributed by atoms with Crippen molar-refractivity contribution in [3.8, 4) is 0 Å². The van der Waals surface area contributed by atoms with Crippen LogP contribution in [0.1, 0.15) is 35.2 Å². The Kier molecular flexibility index (Phi) is 4.80. The summed E-state index contributed by atoms with van der Waals surface area (Å²) in [4.78, 5) is 11.9. The predicted octanol–water partition coefficient (Wildman–Crippen LogP) is 1.41. The molecule has 6 nitrogen and oxygen atoms in total. The lowest BCUT2D eigenvalue weighted by Crippen LogP contribution is -2.27. The van der Waals surface area contributed by atoms with Crippen LogP contribution >= 0.6 is 0 Å². The van der Waals surface area contributed by atoms with Crippen molar-refractivity contribution in [3.05, 3.63) is 41.0 Å². The van der Waals surface area contributed by atoms with Crippen molar-refractivity contribution in [2.45, 2.75) is 32.8 Å². The van der Waals surface area contributed by atoms with Crippen LogP contribution in [-0.2, 0) is 18.3 Å². The van der Waals surface area contributed by atoms with E-state index >= 15 is 0 Å². The molecule has 0 radical (unpaired) electrons. The summed E-state index contributed by atoms with van der Waals surface area (Å²) in [5, 5.41) is 16.7. The van der Waals surface area contributed by atoms with Gasteiger partial charge < -0.3 is 19.5 Å². The highest BCUT2D eigenvalue weighted by Crippen LogP contribution is 2.16. The van der Waals surface area contributed by atoms with Crippen molar-refractivity contribution < 1.29 is 14.4 Å². The Labute approximate surface area is 123 Å². The number of nitrogens with one attached hydrogen (secondary N) is 1. The maximum atomic E-state index is 11.9. The van der Waals surface area contributed by atoms with Gasteiger partial charge in [-0.3, -0.25) is 4.79 Å². The van der Waals surface area contributed by atoms with Crippen molar-refractivity contribution in [3.63, 3.8) is 0 Å². The molecule has 2 heterocycles. The van der Waals surface area contributed by atoms with Crippen LogP contribution in [0.15, 0.2) is 22.9 Å². The SMILES string of the molecule is Cc1noc(C)c1CC(=O)NCCC(O)c1cccn1C. The van der Waals surface area contributed by atoms with Gasteiger partial charge in [0.25, 0.3) is 0 Å². The summed E-state index contributed by atoms with van der Waals surface area (Å²) in [6.07, 6.45) is 2.03. The Balaban J connectivity index is 1.79. The van der Waals surface area contributed by atoms with Gasteiger partial charge in [0.2, 0.25) is 5.91 Å². The van der Waals surface area contributed by atoms with Crippen molar-refractivity contribution in [1.82, 2.24) is 15.0 Å². The predicted molar refractivity (Wildman–Crippen MR) is 77.7 cm³/mol. The summed E-state index contributed by atoms with van der Waals surface area (Å²) >= 11 is 0. The first-order valence-corrected chi connectivity index (χ1v) is 6.96. The number of amides is 1. The van der Waals surface area contributed by atoms with Gasteiger partial charge in [0, 0.05) is 31.0 Å². The third-order valence-corrected chi connectivity index (χ3v) is 3.58. The average molecular weight is 291 g/mol. The zero-order chi connectivity index (χ0) is 15.4. The van der Waals surface area contributed by atoms with Gasteiger partial charge in [-0.15, -0.1) is 0 Å². The molecule has 1 amide bonds. The van der Waals surface area contributed by atoms with Crippen LogP contribution in [0.2, 0.25) is 0 Å². The quantitative estimate of drug-likeness (QED) is 0.843. The van der Waals surface area contributed by atoms with E-state index in [1.807, 2.05) is 36.9 Å². The minimum absolute atomic E-state index is 0.0940. The van der Waals surface area contributed by atoms with Crippen LogP contribution < -0.4 is 5.32 Å². The molecular formula is C15H21N3O3. The van der Waals surface area contributed by atoms with Crippen molar-refractivity contribution in [2.75, 3.05) is 6.54 Å². The lowest BCUT2D eigenvalue weighted by Gasteiger charge is -2.12. The molecule has 0 aliphatic heterocycles. The maximum absolute atomic E-state index is 11.9. The smallest absolute Gasteiger partial charge is 0.224 e. The molecule has 1 atom stereocenters. The third kappa shape index (κ3) is 3.72. The van der Waals surface area contributed by atoms with Crippen LogP contribution in [0.4, 0.5) is 0 Å². The summed E-state index contributed by atoms with van der Waals surface area (Å²) in [7, 11) is 1.88. The van der Waals surface area contributed by atoms with E-state index in [9.17, 15) is 9.90 Å². The minimum atomic E-state index is -0.579. The summed E-state index contributed by atoms with van der Waals surface area (Å²) in [5.41, 5.74) is 2.41. The number of aryl methyl sites for hydroxylation is 3. The molecule has 2 N–H and O–H groups in total. The number of nitrogens with zero attached hydrogens (tertiary/aromatic N) is 2. The van der Waals surface area contributed by atoms with Crippen LogP contribution in [0.5, 0.6) is 0 Å². The number of aromatic nitrogens is 2. The number of hydrogen-bond acceptors (Lipinski definition) is 4. The topological polar surface area (TPSA) is 80.3 Å². The standard InChI is InChI=1S/C15H21N3O3/c1-10-12(11(2)21-17-10)9-15(20)16-7-6-14(19)13-5-4-8-18(13)3/h4-5,8,14,19H,6-7,9H2,1-3H3,(H,16,20). The second-order valence-electron chi connectivity index (χ2n) is 5.18. The Morgan fingerprint density at radius 3 is 2.86 bits per heavy atom. The number of carbonyl (C=O) groups excluding carboxylic acids is 1. The molecule has 2 aromatic rings. The van der Waals surface area contributed by atoms with Gasteiger partial charge in [0.05, 0.1) is 18.2 Å². The fourth-order valence-corrected chi connectivity index (χ4v) is 2.29. The molecule has 2 rings (SSSR count). The third-order valence-electron chi connectivity index (χ3n) is 3.58. The largest absolute Gasteiger partial charge is 0.387 e. The zero-order valence-electron chi connectivity index (χ0n) is 12.6. The van der Waals surface area contributed by atoms with Gasteiger partial charge in [0.1, 0.15) is 5.76 Å². The summed E-state index contributed by atoms with van der Waals surface area (Å²) in [6, 6.07) is 3.75. The molecule has 0 fully saturated rings. The van der Waals surface area contributed by atoms with E-state index < -0.39 is 6.10 Å². The van der Waals surface area contributed by atoms with E-state index in [1.54, 1.807) is 6.92 Å². The monoisotopic (exact) mass is 291 g/mol. The van der Waals surface area contributed by atoms with E-state index in [1.165, 1.54) is 0 Å². The molecule has 114 valence electrons. The molecule has 0 aliphatic rings. The maximum Gasteiger partial charge on any atom is 0.224 e. The molecule has 1 unspecified atom stereocenters. The first-order valence-electron chi connectivity index (χ1n) is 6.96. The molecule has 21 heavy (non-hydrogen) atoms. The lowest BCUT2D eigenvalue weighted by atomic mass is 10.1. The van der Waals surface area contributed by atoms with Crippen molar-refractivity contribution >= 4 is 5.91 Å². The molecule has 2 aromatic heterocycles. The van der Waals surface area contributed by atoms with Gasteiger partial charge in [-0.1, -0.05) is 5.16 Å². The fraction of sp³-hybridized carbons (Fsp3) is 0.467. The minimum Gasteiger partial charge on any atom is -0.387 e. The summed E-state index contributed by atoms with van der Waals surface area (Å²) in [5.74, 6) is 0.579.